The van der Waals surface area contributed by atoms with E-state index in [-0.39, 0.29) is 16.1 Å². The number of rotatable bonds is 2. The van der Waals surface area contributed by atoms with Crippen molar-refractivity contribution < 1.29 is 12.7 Å². The van der Waals surface area contributed by atoms with Crippen LogP contribution in [0.5, 0.6) is 0 Å². The van der Waals surface area contributed by atoms with E-state index in [0.717, 1.165) is 5.75 Å². The second-order valence-electron chi connectivity index (χ2n) is 4.40. The molecule has 1 aliphatic heterocycles. The first-order valence-corrected chi connectivity index (χ1v) is 9.13. The Bertz CT molecular complexity index is 217. The maximum absolute atomic E-state index is 6.00. The quantitative estimate of drug-likeness (QED) is 0.531. The summed E-state index contributed by atoms with van der Waals surface area (Å²) in [5, 5.41) is 0. The average molecular weight is 224 g/mol. The zero-order valence-electron chi connectivity index (χ0n) is 9.34. The summed E-state index contributed by atoms with van der Waals surface area (Å²) < 4.78 is 17.5. The van der Waals surface area contributed by atoms with Crippen LogP contribution in [0, 0.1) is 0 Å². The molecule has 1 unspecified atom stereocenters. The van der Waals surface area contributed by atoms with Crippen LogP contribution in [0.3, 0.4) is 0 Å². The molecule has 0 aromatic carbocycles. The molecular weight excluding hydrogens is 204 g/mol. The van der Waals surface area contributed by atoms with Crippen molar-refractivity contribution in [2.75, 3.05) is 12.9 Å². The van der Waals surface area contributed by atoms with Gasteiger partial charge in [0, 0.05) is 0 Å². The number of hydrogen-bond donors (Lipinski definition) is 0. The molecule has 5 heteroatoms. The van der Waals surface area contributed by atoms with E-state index in [1.807, 2.05) is 13.1 Å². The van der Waals surface area contributed by atoms with Crippen molar-refractivity contribution in [2.24, 2.45) is 0 Å². The van der Waals surface area contributed by atoms with E-state index >= 15 is 0 Å². The van der Waals surface area contributed by atoms with Gasteiger partial charge < -0.3 is 0 Å². The fraction of sp³-hybridized carbons (Fsp3) is 1.00. The van der Waals surface area contributed by atoms with Gasteiger partial charge in [-0.15, -0.1) is 0 Å². The molecule has 0 radical (unpaired) electrons. The summed E-state index contributed by atoms with van der Waals surface area (Å²) in [4.78, 5) is -0.192. The van der Waals surface area contributed by atoms with E-state index in [2.05, 4.69) is 20.8 Å². The molecule has 0 amide bonds. The fourth-order valence-electron chi connectivity index (χ4n) is 1.62. The zero-order chi connectivity index (χ0) is 10.4. The molecule has 1 rings (SSSR count). The van der Waals surface area contributed by atoms with Crippen molar-refractivity contribution in [3.63, 3.8) is 0 Å². The van der Waals surface area contributed by atoms with Gasteiger partial charge in [-0.3, -0.25) is 0 Å². The second-order valence-corrected chi connectivity index (χ2v) is 11.9. The molecule has 0 spiro atoms. The molecule has 0 saturated carbocycles. The Kier molecular flexibility index (Phi) is 2.63. The molecule has 0 aromatic heterocycles. The molecule has 13 heavy (non-hydrogen) atoms. The van der Waals surface area contributed by atoms with Gasteiger partial charge in [0.25, 0.3) is 0 Å². The predicted molar refractivity (Wildman–Crippen MR) is 58.6 cm³/mol. The third-order valence-electron chi connectivity index (χ3n) is 2.25. The van der Waals surface area contributed by atoms with E-state index in [0.29, 0.717) is 0 Å². The molecule has 1 aliphatic rings. The van der Waals surface area contributed by atoms with Crippen LogP contribution in [0.4, 0.5) is 0 Å². The first-order chi connectivity index (χ1) is 5.72. The van der Waals surface area contributed by atoms with Gasteiger partial charge >= 0.3 is 83.6 Å². The van der Waals surface area contributed by atoms with E-state index in [9.17, 15) is 0 Å². The zero-order valence-corrected chi connectivity index (χ0v) is 11.2. The minimum absolute atomic E-state index is 0.133. The molecule has 0 aliphatic carbocycles. The van der Waals surface area contributed by atoms with Crippen LogP contribution in [-0.2, 0) is 23.9 Å². The molecule has 80 valence electrons. The van der Waals surface area contributed by atoms with E-state index in [1.165, 1.54) is 0 Å². The summed E-state index contributed by atoms with van der Waals surface area (Å²) >= 11 is -0.133. The monoisotopic (exact) mass is 224 g/mol. The van der Waals surface area contributed by atoms with Crippen molar-refractivity contribution in [3.8, 4) is 0 Å². The first kappa shape index (κ1) is 11.5. The summed E-state index contributed by atoms with van der Waals surface area (Å²) in [6.07, 6.45) is 0. The van der Waals surface area contributed by atoms with Crippen LogP contribution < -0.4 is 0 Å². The SMILES string of the molecule is CC[S+]1O[Si-](C)(C)(OC)OC1(C)C. The van der Waals surface area contributed by atoms with Gasteiger partial charge in [-0.25, -0.2) is 0 Å². The van der Waals surface area contributed by atoms with Crippen LogP contribution in [-0.4, -0.2) is 25.9 Å². The summed E-state index contributed by atoms with van der Waals surface area (Å²) in [5.74, 6) is 0.988. The Morgan fingerprint density at radius 3 is 2.15 bits per heavy atom. The summed E-state index contributed by atoms with van der Waals surface area (Å²) in [6.45, 7) is 10.2. The summed E-state index contributed by atoms with van der Waals surface area (Å²) in [6, 6.07) is 0. The molecule has 1 atom stereocenters. The van der Waals surface area contributed by atoms with Crippen LogP contribution in [0.2, 0.25) is 13.1 Å². The Labute approximate surface area is 84.1 Å². The molecule has 1 saturated heterocycles. The van der Waals surface area contributed by atoms with Gasteiger partial charge in [-0.05, 0) is 0 Å². The van der Waals surface area contributed by atoms with Gasteiger partial charge in [0.2, 0.25) is 0 Å². The topological polar surface area (TPSA) is 27.7 Å². The average Bonchev–Trinajstić information content (AvgIpc) is 2.18. The Morgan fingerprint density at radius 2 is 1.92 bits per heavy atom. The van der Waals surface area contributed by atoms with E-state index in [1.54, 1.807) is 7.11 Å². The standard InChI is InChI=1S/C8H20O3SSi/c1-7-12-8(2,3)10-13(5,6,9-4)11-12/h7H2,1-6H3. The van der Waals surface area contributed by atoms with Crippen molar-refractivity contribution >= 4 is 19.3 Å². The van der Waals surface area contributed by atoms with Crippen molar-refractivity contribution in [1.29, 1.82) is 0 Å². The molecule has 0 bridgehead atoms. The fourth-order valence-corrected chi connectivity index (χ4v) is 8.81. The van der Waals surface area contributed by atoms with E-state index < -0.39 is 8.08 Å². The molecule has 0 aromatic rings. The molecule has 3 nitrogen and oxygen atoms in total. The van der Waals surface area contributed by atoms with Gasteiger partial charge in [-0.2, -0.15) is 0 Å². The van der Waals surface area contributed by atoms with Crippen LogP contribution in [0.1, 0.15) is 20.8 Å². The molecular formula is C8H20O3SSi. The van der Waals surface area contributed by atoms with Gasteiger partial charge in [0.05, 0.1) is 0 Å². The van der Waals surface area contributed by atoms with Crippen LogP contribution >= 0.6 is 0 Å². The maximum atomic E-state index is 6.00. The summed E-state index contributed by atoms with van der Waals surface area (Å²) in [7, 11) is -1.31. The summed E-state index contributed by atoms with van der Waals surface area (Å²) in [5.41, 5.74) is 0. The number of hydrogen-bond acceptors (Lipinski definition) is 3. The van der Waals surface area contributed by atoms with Gasteiger partial charge in [0.15, 0.2) is 0 Å². The molecule has 0 N–H and O–H groups in total. The second kappa shape index (κ2) is 2.97. The minimum atomic E-state index is -2.98. The van der Waals surface area contributed by atoms with Gasteiger partial charge in [-0.1, -0.05) is 0 Å². The van der Waals surface area contributed by atoms with Crippen molar-refractivity contribution in [3.05, 3.63) is 0 Å². The Balaban J connectivity index is 2.92. The third kappa shape index (κ3) is 2.10. The Morgan fingerprint density at radius 1 is 1.38 bits per heavy atom. The van der Waals surface area contributed by atoms with Crippen LogP contribution in [0.25, 0.3) is 0 Å². The third-order valence-corrected chi connectivity index (χ3v) is 9.02. The normalized spacial score (nSPS) is 38.0. The predicted octanol–water partition coefficient (Wildman–Crippen LogP) is 2.12. The Hall–Kier alpha value is 0.447. The molecule has 1 heterocycles. The van der Waals surface area contributed by atoms with Crippen molar-refractivity contribution in [1.82, 2.24) is 0 Å². The van der Waals surface area contributed by atoms with Crippen molar-refractivity contribution in [2.45, 2.75) is 38.8 Å². The molecule has 1 fully saturated rings. The van der Waals surface area contributed by atoms with Crippen LogP contribution in [0.15, 0.2) is 0 Å². The first-order valence-electron chi connectivity index (χ1n) is 4.59. The van der Waals surface area contributed by atoms with Gasteiger partial charge in [0.1, 0.15) is 0 Å². The van der Waals surface area contributed by atoms with E-state index in [4.69, 9.17) is 12.7 Å².